The van der Waals surface area contributed by atoms with Gasteiger partial charge in [0.05, 0.1) is 46.0 Å². The number of hydrogen-bond acceptors (Lipinski definition) is 9. The number of ether oxygens (including phenoxy) is 2. The van der Waals surface area contributed by atoms with Crippen LogP contribution in [0.4, 0.5) is 5.69 Å². The summed E-state index contributed by atoms with van der Waals surface area (Å²) in [5.41, 5.74) is 5.55. The van der Waals surface area contributed by atoms with E-state index < -0.39 is 0 Å². The maximum absolute atomic E-state index is 13.5. The van der Waals surface area contributed by atoms with Gasteiger partial charge < -0.3 is 30.0 Å². The SMILES string of the molecule is COc1nc(-c2ccnc(-c3cccc(NC(=O)c4nc5c(n4C)CCN(C[C@@H]4CCO4)C5)c3Cl)c2Cl)ccc1CNC[C@H]1CCC(=O)N1. The van der Waals surface area contributed by atoms with Crippen molar-refractivity contribution in [3.05, 3.63) is 75.4 Å². The van der Waals surface area contributed by atoms with Gasteiger partial charge in [0.25, 0.3) is 5.91 Å². The van der Waals surface area contributed by atoms with Crippen LogP contribution in [0.5, 0.6) is 5.88 Å². The van der Waals surface area contributed by atoms with E-state index in [9.17, 15) is 9.59 Å². The lowest BCUT2D eigenvalue weighted by Crippen LogP contribution is -2.42. The summed E-state index contributed by atoms with van der Waals surface area (Å²) in [5, 5.41) is 9.96. The summed E-state index contributed by atoms with van der Waals surface area (Å²) in [6, 6.07) is 11.1. The van der Waals surface area contributed by atoms with Crippen molar-refractivity contribution >= 4 is 40.7 Å². The molecule has 49 heavy (non-hydrogen) atoms. The molecule has 6 heterocycles. The van der Waals surface area contributed by atoms with Gasteiger partial charge in [-0.1, -0.05) is 41.4 Å². The monoisotopic (exact) mass is 704 g/mol. The van der Waals surface area contributed by atoms with Crippen molar-refractivity contribution in [2.45, 2.75) is 50.9 Å². The van der Waals surface area contributed by atoms with E-state index in [-0.39, 0.29) is 24.0 Å². The third kappa shape index (κ3) is 7.01. The van der Waals surface area contributed by atoms with Gasteiger partial charge in [-0.15, -0.1) is 0 Å². The summed E-state index contributed by atoms with van der Waals surface area (Å²) < 4.78 is 13.1. The van der Waals surface area contributed by atoms with Crippen LogP contribution in [-0.4, -0.2) is 81.7 Å². The Morgan fingerprint density at radius 1 is 1.10 bits per heavy atom. The third-order valence-corrected chi connectivity index (χ3v) is 10.2. The van der Waals surface area contributed by atoms with E-state index in [0.29, 0.717) is 76.0 Å². The lowest BCUT2D eigenvalue weighted by molar-refractivity contribution is -0.119. The highest BCUT2D eigenvalue weighted by molar-refractivity contribution is 6.39. The Morgan fingerprint density at radius 2 is 1.96 bits per heavy atom. The number of aromatic nitrogens is 4. The molecule has 3 aromatic heterocycles. The molecule has 2 saturated heterocycles. The number of anilines is 1. The minimum atomic E-state index is -0.350. The molecule has 0 saturated carbocycles. The van der Waals surface area contributed by atoms with Crippen LogP contribution >= 0.6 is 23.2 Å². The molecular weight excluding hydrogens is 667 g/mol. The molecular formula is C35H38Cl2N8O4. The molecule has 0 unspecified atom stereocenters. The minimum Gasteiger partial charge on any atom is -0.481 e. The summed E-state index contributed by atoms with van der Waals surface area (Å²) in [6.07, 6.45) is 5.23. The summed E-state index contributed by atoms with van der Waals surface area (Å²) in [6.45, 7) is 4.50. The van der Waals surface area contributed by atoms with Crippen LogP contribution in [0, 0.1) is 0 Å². The number of carbonyl (C=O) groups is 2. The summed E-state index contributed by atoms with van der Waals surface area (Å²) in [5.74, 6) is 0.534. The van der Waals surface area contributed by atoms with Crippen molar-refractivity contribution in [3.8, 4) is 28.4 Å². The predicted octanol–water partition coefficient (Wildman–Crippen LogP) is 4.63. The van der Waals surface area contributed by atoms with Crippen molar-refractivity contribution in [2.24, 2.45) is 7.05 Å². The zero-order valence-corrected chi connectivity index (χ0v) is 28.9. The van der Waals surface area contributed by atoms with Gasteiger partial charge in [-0.05, 0) is 31.0 Å². The van der Waals surface area contributed by atoms with Crippen LogP contribution < -0.4 is 20.7 Å². The van der Waals surface area contributed by atoms with E-state index in [1.54, 1.807) is 31.5 Å². The van der Waals surface area contributed by atoms with Crippen LogP contribution in [0.2, 0.25) is 10.0 Å². The van der Waals surface area contributed by atoms with Crippen LogP contribution in [0.3, 0.4) is 0 Å². The van der Waals surface area contributed by atoms with Gasteiger partial charge in [0, 0.05) is 93.8 Å². The smallest absolute Gasteiger partial charge is 0.291 e. The average molecular weight is 706 g/mol. The average Bonchev–Trinajstić information content (AvgIpc) is 3.65. The first-order valence-electron chi connectivity index (χ1n) is 16.5. The fraction of sp³-hybridized carbons (Fsp3) is 0.400. The Balaban J connectivity index is 1.07. The fourth-order valence-corrected chi connectivity index (χ4v) is 7.19. The maximum atomic E-state index is 13.5. The molecule has 3 aliphatic rings. The molecule has 2 fully saturated rings. The molecule has 1 aromatic carbocycles. The number of imidazole rings is 1. The van der Waals surface area contributed by atoms with Crippen molar-refractivity contribution in [1.82, 2.24) is 35.1 Å². The Hall–Kier alpha value is -4.07. The molecule has 0 spiro atoms. The second-order valence-corrected chi connectivity index (χ2v) is 13.4. The topological polar surface area (TPSA) is 136 Å². The van der Waals surface area contributed by atoms with Gasteiger partial charge in [0.15, 0.2) is 5.82 Å². The molecule has 7 rings (SSSR count). The molecule has 0 aliphatic carbocycles. The number of rotatable bonds is 11. The number of benzene rings is 1. The Morgan fingerprint density at radius 3 is 2.71 bits per heavy atom. The van der Waals surface area contributed by atoms with Gasteiger partial charge in [-0.3, -0.25) is 19.5 Å². The Labute approximate surface area is 294 Å². The van der Waals surface area contributed by atoms with Crippen LogP contribution in [0.15, 0.2) is 42.6 Å². The predicted molar refractivity (Wildman–Crippen MR) is 187 cm³/mol. The molecule has 3 N–H and O–H groups in total. The molecule has 0 radical (unpaired) electrons. The normalized spacial score (nSPS) is 18.9. The molecule has 12 nitrogen and oxygen atoms in total. The molecule has 4 aromatic rings. The molecule has 3 aliphatic heterocycles. The third-order valence-electron chi connectivity index (χ3n) is 9.38. The number of amides is 2. The first-order valence-corrected chi connectivity index (χ1v) is 17.2. The zero-order valence-electron chi connectivity index (χ0n) is 27.4. The number of halogens is 2. The standard InChI is InChI=1S/C35H38Cl2N8O4/c1-44-28-11-14-45(18-22-12-15-49-22)19-27(28)41-33(44)34(47)42-26-5-3-4-24(30(26)36)32-31(37)23(10-13-39-32)25-8-6-20(35(43-25)48-2)16-38-17-21-7-9-29(46)40-21/h3-6,8,10,13,21-22,38H,7,9,11-12,14-19H2,1-2H3,(H,40,46)(H,42,47)/t21-,22+/m1/s1. The quantitative estimate of drug-likeness (QED) is 0.204. The van der Waals surface area contributed by atoms with Crippen molar-refractivity contribution in [3.63, 3.8) is 0 Å². The fourth-order valence-electron chi connectivity index (χ4n) is 6.62. The van der Waals surface area contributed by atoms with E-state index in [0.717, 1.165) is 55.9 Å². The molecule has 2 atom stereocenters. The summed E-state index contributed by atoms with van der Waals surface area (Å²) >= 11 is 13.9. The van der Waals surface area contributed by atoms with Crippen LogP contribution in [-0.2, 0) is 36.1 Å². The number of nitrogens with one attached hydrogen (secondary N) is 3. The molecule has 14 heteroatoms. The van der Waals surface area contributed by atoms with Crippen LogP contribution in [0.25, 0.3) is 22.5 Å². The number of fused-ring (bicyclic) bond motifs is 1. The van der Waals surface area contributed by atoms with E-state index in [4.69, 9.17) is 42.6 Å². The van der Waals surface area contributed by atoms with Crippen molar-refractivity contribution in [1.29, 1.82) is 0 Å². The van der Waals surface area contributed by atoms with E-state index in [2.05, 4.69) is 25.8 Å². The minimum absolute atomic E-state index is 0.0895. The van der Waals surface area contributed by atoms with E-state index in [1.807, 2.05) is 29.8 Å². The lowest BCUT2D eigenvalue weighted by atomic mass is 10.1. The van der Waals surface area contributed by atoms with Gasteiger partial charge in [0.2, 0.25) is 11.8 Å². The van der Waals surface area contributed by atoms with Gasteiger partial charge >= 0.3 is 0 Å². The number of carbonyl (C=O) groups excluding carboxylic acids is 2. The number of nitrogens with zero attached hydrogens (tertiary/aromatic N) is 5. The highest BCUT2D eigenvalue weighted by Gasteiger charge is 2.29. The number of methoxy groups -OCH3 is 1. The van der Waals surface area contributed by atoms with Gasteiger partial charge in [-0.25, -0.2) is 9.97 Å². The largest absolute Gasteiger partial charge is 0.481 e. The van der Waals surface area contributed by atoms with Crippen molar-refractivity contribution in [2.75, 3.05) is 38.7 Å². The molecule has 0 bridgehead atoms. The van der Waals surface area contributed by atoms with Gasteiger partial charge in [0.1, 0.15) is 0 Å². The maximum Gasteiger partial charge on any atom is 0.291 e. The van der Waals surface area contributed by atoms with Crippen molar-refractivity contribution < 1.29 is 19.1 Å². The second-order valence-electron chi connectivity index (χ2n) is 12.6. The van der Waals surface area contributed by atoms with E-state index >= 15 is 0 Å². The van der Waals surface area contributed by atoms with E-state index in [1.165, 1.54) is 0 Å². The Bertz CT molecular complexity index is 1900. The zero-order chi connectivity index (χ0) is 34.1. The lowest BCUT2D eigenvalue weighted by Gasteiger charge is -2.34. The number of hydrogen-bond donors (Lipinski definition) is 3. The summed E-state index contributed by atoms with van der Waals surface area (Å²) in [4.78, 5) is 41.4. The highest BCUT2D eigenvalue weighted by Crippen LogP contribution is 2.40. The molecule has 256 valence electrons. The molecule has 2 amide bonds. The number of pyridine rings is 2. The van der Waals surface area contributed by atoms with Crippen LogP contribution in [0.1, 0.15) is 46.8 Å². The van der Waals surface area contributed by atoms with Gasteiger partial charge in [-0.2, -0.15) is 0 Å². The first-order chi connectivity index (χ1) is 23.8. The second kappa shape index (κ2) is 14.4. The first kappa shape index (κ1) is 33.4. The summed E-state index contributed by atoms with van der Waals surface area (Å²) in [7, 11) is 3.45. The Kier molecular flexibility index (Phi) is 9.84. The highest BCUT2D eigenvalue weighted by atomic mass is 35.5.